The Hall–Kier alpha value is -0.380. The van der Waals surface area contributed by atoms with Crippen molar-refractivity contribution >= 4 is 13.6 Å². The van der Waals surface area contributed by atoms with E-state index in [9.17, 15) is 19.1 Å². The highest BCUT2D eigenvalue weighted by molar-refractivity contribution is 7.53. The van der Waals surface area contributed by atoms with E-state index < -0.39 is 18.7 Å². The molecule has 0 saturated heterocycles. The average molecular weight is 308 g/mol. The Balaban J connectivity index is 4.89. The van der Waals surface area contributed by atoms with Gasteiger partial charge >= 0.3 is 13.6 Å². The lowest BCUT2D eigenvalue weighted by molar-refractivity contribution is -0.144. The number of carbonyl (C=O) groups is 1. The molecule has 1 atom stereocenters. The average Bonchev–Trinajstić information content (AvgIpc) is 2.35. The second kappa shape index (κ2) is 9.54. The summed E-state index contributed by atoms with van der Waals surface area (Å²) in [6.07, 6.45) is 4.40. The van der Waals surface area contributed by atoms with Crippen molar-refractivity contribution in [1.82, 2.24) is 0 Å². The Labute approximate surface area is 122 Å². The number of rotatable bonds is 11. The first-order chi connectivity index (χ1) is 9.33. The van der Waals surface area contributed by atoms with E-state index in [4.69, 9.17) is 4.74 Å². The van der Waals surface area contributed by atoms with Crippen LogP contribution in [-0.4, -0.2) is 27.5 Å². The fourth-order valence-corrected chi connectivity index (χ4v) is 3.62. The summed E-state index contributed by atoms with van der Waals surface area (Å²) in [5.41, 5.74) is 0. The number of hydrogen-bond acceptors (Lipinski definition) is 3. The molecule has 0 aromatic heterocycles. The number of esters is 1. The van der Waals surface area contributed by atoms with Gasteiger partial charge in [-0.1, -0.05) is 46.5 Å². The summed E-state index contributed by atoms with van der Waals surface area (Å²) >= 11 is 0. The van der Waals surface area contributed by atoms with Crippen molar-refractivity contribution in [1.29, 1.82) is 0 Å². The Morgan fingerprint density at radius 1 is 1.05 bits per heavy atom. The van der Waals surface area contributed by atoms with Gasteiger partial charge in [0.2, 0.25) is 0 Å². The fraction of sp³-hybridized carbons (Fsp3) is 0.929. The highest BCUT2D eigenvalue weighted by Gasteiger charge is 2.47. The van der Waals surface area contributed by atoms with Gasteiger partial charge in [-0.05, 0) is 19.3 Å². The van der Waals surface area contributed by atoms with E-state index >= 15 is 0 Å². The molecular formula is C14H29O5P. The Bertz CT molecular complexity index is 326. The SMILES string of the molecule is CCCCOC(=O)CC(CCC)(CCCC)P(=O)(O)O. The second-order valence-electron chi connectivity index (χ2n) is 5.37. The highest BCUT2D eigenvalue weighted by atomic mass is 31.2. The maximum Gasteiger partial charge on any atom is 0.332 e. The molecular weight excluding hydrogens is 279 g/mol. The van der Waals surface area contributed by atoms with Gasteiger partial charge in [0.15, 0.2) is 0 Å². The molecule has 0 spiro atoms. The minimum Gasteiger partial charge on any atom is -0.466 e. The van der Waals surface area contributed by atoms with Crippen LogP contribution in [0.25, 0.3) is 0 Å². The molecule has 0 heterocycles. The zero-order valence-corrected chi connectivity index (χ0v) is 13.8. The van der Waals surface area contributed by atoms with Crippen molar-refractivity contribution in [3.63, 3.8) is 0 Å². The van der Waals surface area contributed by atoms with Gasteiger partial charge in [0.25, 0.3) is 0 Å². The lowest BCUT2D eigenvalue weighted by Crippen LogP contribution is -2.33. The van der Waals surface area contributed by atoms with Gasteiger partial charge in [0, 0.05) is 0 Å². The Morgan fingerprint density at radius 2 is 1.65 bits per heavy atom. The van der Waals surface area contributed by atoms with Gasteiger partial charge in [-0.3, -0.25) is 9.36 Å². The summed E-state index contributed by atoms with van der Waals surface area (Å²) in [5.74, 6) is -0.494. The molecule has 5 nitrogen and oxygen atoms in total. The van der Waals surface area contributed by atoms with Crippen molar-refractivity contribution < 1.29 is 23.9 Å². The molecule has 0 aromatic carbocycles. The predicted molar refractivity (Wildman–Crippen MR) is 79.7 cm³/mol. The zero-order chi connectivity index (χ0) is 15.6. The van der Waals surface area contributed by atoms with Gasteiger partial charge in [0.1, 0.15) is 0 Å². The quantitative estimate of drug-likeness (QED) is 0.346. The minimum atomic E-state index is -4.35. The van der Waals surface area contributed by atoms with E-state index in [0.29, 0.717) is 32.3 Å². The van der Waals surface area contributed by atoms with E-state index in [1.807, 2.05) is 20.8 Å². The summed E-state index contributed by atoms with van der Waals surface area (Å²) in [6, 6.07) is 0. The van der Waals surface area contributed by atoms with E-state index in [2.05, 4.69) is 0 Å². The van der Waals surface area contributed by atoms with Crippen LogP contribution in [0.2, 0.25) is 0 Å². The third kappa shape index (κ3) is 6.38. The van der Waals surface area contributed by atoms with Crippen molar-refractivity contribution in [2.45, 2.75) is 77.3 Å². The van der Waals surface area contributed by atoms with Gasteiger partial charge in [-0.25, -0.2) is 0 Å². The maximum absolute atomic E-state index is 11.9. The smallest absolute Gasteiger partial charge is 0.332 e. The van der Waals surface area contributed by atoms with Crippen LogP contribution in [0.4, 0.5) is 0 Å². The van der Waals surface area contributed by atoms with E-state index in [0.717, 1.165) is 19.3 Å². The van der Waals surface area contributed by atoms with Crippen LogP contribution < -0.4 is 0 Å². The number of hydrogen-bond donors (Lipinski definition) is 2. The first kappa shape index (κ1) is 19.6. The lowest BCUT2D eigenvalue weighted by atomic mass is 9.92. The predicted octanol–water partition coefficient (Wildman–Crippen LogP) is 3.63. The van der Waals surface area contributed by atoms with Crippen LogP contribution in [0.5, 0.6) is 0 Å². The molecule has 0 saturated carbocycles. The Morgan fingerprint density at radius 3 is 2.10 bits per heavy atom. The Kier molecular flexibility index (Phi) is 9.36. The van der Waals surface area contributed by atoms with Crippen molar-refractivity contribution in [2.75, 3.05) is 6.61 Å². The molecule has 0 amide bonds. The molecule has 0 rings (SSSR count). The van der Waals surface area contributed by atoms with Crippen LogP contribution in [0.3, 0.4) is 0 Å². The molecule has 0 aromatic rings. The van der Waals surface area contributed by atoms with Crippen molar-refractivity contribution in [3.05, 3.63) is 0 Å². The summed E-state index contributed by atoms with van der Waals surface area (Å²) in [5, 5.41) is -1.25. The second-order valence-corrected chi connectivity index (χ2v) is 7.41. The van der Waals surface area contributed by atoms with Crippen molar-refractivity contribution in [2.24, 2.45) is 0 Å². The first-order valence-corrected chi connectivity index (χ1v) is 9.15. The largest absolute Gasteiger partial charge is 0.466 e. The number of unbranched alkanes of at least 4 members (excludes halogenated alkanes) is 2. The third-order valence-electron chi connectivity index (χ3n) is 3.56. The standard InChI is InChI=1S/C14H29O5P/c1-4-7-10-14(9-6-3,20(16,17)18)12-13(15)19-11-8-5-2/h4-12H2,1-3H3,(H2,16,17,18). The van der Waals surface area contributed by atoms with Gasteiger partial charge in [-0.15, -0.1) is 0 Å². The maximum atomic E-state index is 11.9. The van der Waals surface area contributed by atoms with Crippen LogP contribution in [-0.2, 0) is 14.1 Å². The number of ether oxygens (including phenoxy) is 1. The summed E-state index contributed by atoms with van der Waals surface area (Å²) < 4.78 is 17.0. The first-order valence-electron chi connectivity index (χ1n) is 7.54. The van der Waals surface area contributed by atoms with Crippen molar-refractivity contribution in [3.8, 4) is 0 Å². The molecule has 20 heavy (non-hydrogen) atoms. The molecule has 0 aliphatic heterocycles. The zero-order valence-electron chi connectivity index (χ0n) is 12.9. The molecule has 0 bridgehead atoms. The summed E-state index contributed by atoms with van der Waals surface area (Å²) in [4.78, 5) is 31.3. The van der Waals surface area contributed by atoms with Crippen LogP contribution in [0.1, 0.15) is 72.1 Å². The molecule has 1 unspecified atom stereocenters. The van der Waals surface area contributed by atoms with Crippen LogP contribution >= 0.6 is 7.60 Å². The van der Waals surface area contributed by atoms with E-state index in [-0.39, 0.29) is 6.42 Å². The molecule has 6 heteroatoms. The monoisotopic (exact) mass is 308 g/mol. The normalized spacial score (nSPS) is 14.8. The van der Waals surface area contributed by atoms with Gasteiger partial charge in [-0.2, -0.15) is 0 Å². The summed E-state index contributed by atoms with van der Waals surface area (Å²) in [6.45, 7) is 6.16. The highest BCUT2D eigenvalue weighted by Crippen LogP contribution is 2.57. The van der Waals surface area contributed by atoms with Crippen LogP contribution in [0.15, 0.2) is 0 Å². The number of carbonyl (C=O) groups excluding carboxylic acids is 1. The van der Waals surface area contributed by atoms with E-state index in [1.165, 1.54) is 0 Å². The molecule has 0 fully saturated rings. The third-order valence-corrected chi connectivity index (χ3v) is 5.40. The molecule has 0 radical (unpaired) electrons. The topological polar surface area (TPSA) is 83.8 Å². The minimum absolute atomic E-state index is 0.186. The fourth-order valence-electron chi connectivity index (χ4n) is 2.32. The molecule has 120 valence electrons. The summed E-state index contributed by atoms with van der Waals surface area (Å²) in [7, 11) is -4.35. The van der Waals surface area contributed by atoms with Gasteiger partial charge < -0.3 is 14.5 Å². The lowest BCUT2D eigenvalue weighted by Gasteiger charge is -2.33. The van der Waals surface area contributed by atoms with Gasteiger partial charge in [0.05, 0.1) is 18.2 Å². The molecule has 0 aliphatic carbocycles. The van der Waals surface area contributed by atoms with E-state index in [1.54, 1.807) is 0 Å². The molecule has 0 aliphatic rings. The van der Waals surface area contributed by atoms with Crippen LogP contribution in [0, 0.1) is 0 Å². The molecule has 2 N–H and O–H groups in total.